The number of aromatic nitrogens is 1. The minimum absolute atomic E-state index is 0.00543. The zero-order chi connectivity index (χ0) is 16.8. The van der Waals surface area contributed by atoms with E-state index in [-0.39, 0.29) is 6.03 Å². The van der Waals surface area contributed by atoms with E-state index in [1.807, 2.05) is 23.1 Å². The fourth-order valence-corrected chi connectivity index (χ4v) is 3.05. The highest BCUT2D eigenvalue weighted by Crippen LogP contribution is 2.21. The SMILES string of the molecule is CC(c1ccccc1)N1CCN(C(=O)NCc2cccnc2)CC1. The van der Waals surface area contributed by atoms with Gasteiger partial charge in [-0.05, 0) is 24.1 Å². The number of pyridine rings is 1. The number of rotatable bonds is 4. The Labute approximate surface area is 143 Å². The molecule has 1 aromatic heterocycles. The number of nitrogens with one attached hydrogen (secondary N) is 1. The van der Waals surface area contributed by atoms with Crippen LogP contribution in [-0.4, -0.2) is 47.0 Å². The van der Waals surface area contributed by atoms with Crippen LogP contribution in [0.4, 0.5) is 4.79 Å². The average molecular weight is 324 g/mol. The van der Waals surface area contributed by atoms with E-state index in [0.717, 1.165) is 31.7 Å². The first kappa shape index (κ1) is 16.5. The van der Waals surface area contributed by atoms with Crippen molar-refractivity contribution in [3.8, 4) is 0 Å². The van der Waals surface area contributed by atoms with Gasteiger partial charge in [0, 0.05) is 51.2 Å². The number of hydrogen-bond acceptors (Lipinski definition) is 3. The summed E-state index contributed by atoms with van der Waals surface area (Å²) in [7, 11) is 0. The van der Waals surface area contributed by atoms with Crippen LogP contribution in [0.1, 0.15) is 24.1 Å². The lowest BCUT2D eigenvalue weighted by Gasteiger charge is -2.38. The normalized spacial score (nSPS) is 16.6. The van der Waals surface area contributed by atoms with Crippen LogP contribution in [0.15, 0.2) is 54.9 Å². The Hall–Kier alpha value is -2.40. The number of benzene rings is 1. The molecule has 24 heavy (non-hydrogen) atoms. The van der Waals surface area contributed by atoms with Crippen molar-refractivity contribution in [3.63, 3.8) is 0 Å². The summed E-state index contributed by atoms with van der Waals surface area (Å²) in [4.78, 5) is 20.7. The van der Waals surface area contributed by atoms with Crippen LogP contribution in [0.3, 0.4) is 0 Å². The van der Waals surface area contributed by atoms with Crippen LogP contribution in [0.2, 0.25) is 0 Å². The van der Waals surface area contributed by atoms with Gasteiger partial charge in [-0.1, -0.05) is 36.4 Å². The lowest BCUT2D eigenvalue weighted by Crippen LogP contribution is -2.52. The van der Waals surface area contributed by atoms with Crippen molar-refractivity contribution in [2.24, 2.45) is 0 Å². The Morgan fingerprint density at radius 3 is 2.54 bits per heavy atom. The van der Waals surface area contributed by atoms with Crippen molar-refractivity contribution >= 4 is 6.03 Å². The van der Waals surface area contributed by atoms with E-state index in [1.54, 1.807) is 12.4 Å². The molecule has 2 heterocycles. The lowest BCUT2D eigenvalue weighted by atomic mass is 10.1. The number of carbonyl (C=O) groups is 1. The summed E-state index contributed by atoms with van der Waals surface area (Å²) in [5.74, 6) is 0. The number of amides is 2. The van der Waals surface area contributed by atoms with E-state index in [1.165, 1.54) is 5.56 Å². The maximum absolute atomic E-state index is 12.3. The quantitative estimate of drug-likeness (QED) is 0.940. The molecule has 0 radical (unpaired) electrons. The fraction of sp³-hybridized carbons (Fsp3) is 0.368. The van der Waals surface area contributed by atoms with Gasteiger partial charge in [-0.15, -0.1) is 0 Å². The molecule has 1 N–H and O–H groups in total. The number of urea groups is 1. The summed E-state index contributed by atoms with van der Waals surface area (Å²) in [6.07, 6.45) is 3.51. The summed E-state index contributed by atoms with van der Waals surface area (Å²) in [6, 6.07) is 14.8. The van der Waals surface area contributed by atoms with Gasteiger partial charge in [0.25, 0.3) is 0 Å². The zero-order valence-electron chi connectivity index (χ0n) is 14.1. The van der Waals surface area contributed by atoms with Crippen LogP contribution in [0, 0.1) is 0 Å². The summed E-state index contributed by atoms with van der Waals surface area (Å²) >= 11 is 0. The molecule has 126 valence electrons. The van der Waals surface area contributed by atoms with Crippen molar-refractivity contribution in [1.29, 1.82) is 0 Å². The molecule has 0 saturated carbocycles. The summed E-state index contributed by atoms with van der Waals surface area (Å²) in [6.45, 7) is 6.07. The largest absolute Gasteiger partial charge is 0.334 e. The standard InChI is InChI=1S/C19H24N4O/c1-16(18-7-3-2-4-8-18)22-10-12-23(13-11-22)19(24)21-15-17-6-5-9-20-14-17/h2-9,14,16H,10-13,15H2,1H3,(H,21,24). The first-order valence-electron chi connectivity index (χ1n) is 8.45. The van der Waals surface area contributed by atoms with Gasteiger partial charge in [-0.2, -0.15) is 0 Å². The zero-order valence-corrected chi connectivity index (χ0v) is 14.1. The molecule has 3 rings (SSSR count). The van der Waals surface area contributed by atoms with Crippen molar-refractivity contribution in [3.05, 3.63) is 66.0 Å². The summed E-state index contributed by atoms with van der Waals surface area (Å²) in [5, 5.41) is 2.97. The first-order valence-corrected chi connectivity index (χ1v) is 8.45. The minimum atomic E-state index is 0.00543. The summed E-state index contributed by atoms with van der Waals surface area (Å²) < 4.78 is 0. The third-order valence-corrected chi connectivity index (χ3v) is 4.60. The molecule has 1 fully saturated rings. The van der Waals surface area contributed by atoms with E-state index in [0.29, 0.717) is 12.6 Å². The minimum Gasteiger partial charge on any atom is -0.334 e. The van der Waals surface area contributed by atoms with E-state index >= 15 is 0 Å². The van der Waals surface area contributed by atoms with E-state index < -0.39 is 0 Å². The maximum atomic E-state index is 12.3. The average Bonchev–Trinajstić information content (AvgIpc) is 2.67. The van der Waals surface area contributed by atoms with Gasteiger partial charge in [0.1, 0.15) is 0 Å². The van der Waals surface area contributed by atoms with E-state index in [4.69, 9.17) is 0 Å². The Morgan fingerprint density at radius 2 is 1.88 bits per heavy atom. The highest BCUT2D eigenvalue weighted by atomic mass is 16.2. The van der Waals surface area contributed by atoms with Gasteiger partial charge in [0.2, 0.25) is 0 Å². The second-order valence-corrected chi connectivity index (χ2v) is 6.13. The molecule has 5 nitrogen and oxygen atoms in total. The molecule has 1 atom stereocenters. The third kappa shape index (κ3) is 4.11. The van der Waals surface area contributed by atoms with Crippen LogP contribution >= 0.6 is 0 Å². The highest BCUT2D eigenvalue weighted by Gasteiger charge is 2.24. The molecule has 2 amide bonds. The Balaban J connectivity index is 1.47. The van der Waals surface area contributed by atoms with Gasteiger partial charge in [-0.25, -0.2) is 4.79 Å². The van der Waals surface area contributed by atoms with E-state index in [2.05, 4.69) is 46.4 Å². The van der Waals surface area contributed by atoms with Gasteiger partial charge >= 0.3 is 6.03 Å². The predicted molar refractivity (Wildman–Crippen MR) is 94.5 cm³/mol. The van der Waals surface area contributed by atoms with E-state index in [9.17, 15) is 4.79 Å². The third-order valence-electron chi connectivity index (χ3n) is 4.60. The molecule has 1 unspecified atom stereocenters. The number of hydrogen-bond donors (Lipinski definition) is 1. The molecule has 0 aliphatic carbocycles. The Morgan fingerprint density at radius 1 is 1.12 bits per heavy atom. The van der Waals surface area contributed by atoms with Crippen LogP contribution in [0.25, 0.3) is 0 Å². The van der Waals surface area contributed by atoms with Gasteiger partial charge in [-0.3, -0.25) is 9.88 Å². The van der Waals surface area contributed by atoms with Crippen LogP contribution in [-0.2, 0) is 6.54 Å². The first-order chi connectivity index (χ1) is 11.7. The lowest BCUT2D eigenvalue weighted by molar-refractivity contribution is 0.114. The molecular weight excluding hydrogens is 300 g/mol. The molecule has 5 heteroatoms. The topological polar surface area (TPSA) is 48.5 Å². The molecule has 0 bridgehead atoms. The van der Waals surface area contributed by atoms with Crippen LogP contribution < -0.4 is 5.32 Å². The molecule has 2 aromatic rings. The Bertz CT molecular complexity index is 639. The maximum Gasteiger partial charge on any atom is 0.317 e. The monoisotopic (exact) mass is 324 g/mol. The van der Waals surface area contributed by atoms with Gasteiger partial charge in [0.15, 0.2) is 0 Å². The van der Waals surface area contributed by atoms with Gasteiger partial charge in [0.05, 0.1) is 0 Å². The van der Waals surface area contributed by atoms with Crippen molar-refractivity contribution in [2.45, 2.75) is 19.5 Å². The number of nitrogens with zero attached hydrogens (tertiary/aromatic N) is 3. The molecule has 0 spiro atoms. The molecule has 1 aromatic carbocycles. The molecule has 1 saturated heterocycles. The second-order valence-electron chi connectivity index (χ2n) is 6.13. The number of carbonyl (C=O) groups excluding carboxylic acids is 1. The highest BCUT2D eigenvalue weighted by molar-refractivity contribution is 5.74. The molecule has 1 aliphatic heterocycles. The van der Waals surface area contributed by atoms with Gasteiger partial charge < -0.3 is 10.2 Å². The number of piperazine rings is 1. The van der Waals surface area contributed by atoms with Crippen molar-refractivity contribution in [2.75, 3.05) is 26.2 Å². The molecule has 1 aliphatic rings. The van der Waals surface area contributed by atoms with Crippen molar-refractivity contribution in [1.82, 2.24) is 20.1 Å². The molecular formula is C19H24N4O. The smallest absolute Gasteiger partial charge is 0.317 e. The fourth-order valence-electron chi connectivity index (χ4n) is 3.05. The predicted octanol–water partition coefficient (Wildman–Crippen LogP) is 2.67. The summed E-state index contributed by atoms with van der Waals surface area (Å²) in [5.41, 5.74) is 2.34. The van der Waals surface area contributed by atoms with Crippen molar-refractivity contribution < 1.29 is 4.79 Å². The Kier molecular flexibility index (Phi) is 5.43. The second kappa shape index (κ2) is 7.93. The van der Waals surface area contributed by atoms with Crippen LogP contribution in [0.5, 0.6) is 0 Å².